The smallest absolute Gasteiger partial charge is 0.181 e. The number of methoxy groups -OCH3 is 2. The lowest BCUT2D eigenvalue weighted by Crippen LogP contribution is -2.37. The molecule has 4 rings (SSSR count). The summed E-state index contributed by atoms with van der Waals surface area (Å²) >= 11 is 5.78. The van der Waals surface area contributed by atoms with Crippen molar-refractivity contribution in [3.63, 3.8) is 0 Å². The average Bonchev–Trinajstić information content (AvgIpc) is 3.10. The Labute approximate surface area is 164 Å². The third-order valence-corrected chi connectivity index (χ3v) is 7.14. The van der Waals surface area contributed by atoms with Crippen LogP contribution < -0.4 is 19.3 Å². The number of hydrogen-bond acceptors (Lipinski definition) is 5. The number of nitrogens with zero attached hydrogens (tertiary/aromatic N) is 2. The van der Waals surface area contributed by atoms with Crippen LogP contribution in [0, 0.1) is 0 Å². The lowest BCUT2D eigenvalue weighted by atomic mass is 10.1. The van der Waals surface area contributed by atoms with Crippen LogP contribution in [-0.2, 0) is 9.84 Å². The summed E-state index contributed by atoms with van der Waals surface area (Å²) in [7, 11) is 0.0776. The van der Waals surface area contributed by atoms with Gasteiger partial charge in [-0.05, 0) is 48.6 Å². The zero-order valence-electron chi connectivity index (χ0n) is 15.0. The molecule has 0 amide bonds. The summed E-state index contributed by atoms with van der Waals surface area (Å²) in [5.41, 5.74) is 1.70. The van der Waals surface area contributed by atoms with Gasteiger partial charge in [-0.3, -0.25) is 0 Å². The van der Waals surface area contributed by atoms with Crippen LogP contribution in [-0.4, -0.2) is 51.3 Å². The fourth-order valence-electron chi connectivity index (χ4n) is 3.81. The van der Waals surface area contributed by atoms with Crippen LogP contribution in [0.25, 0.3) is 0 Å². The number of benzene rings is 2. The fourth-order valence-corrected chi connectivity index (χ4v) is 6.21. The average molecular weight is 405 g/mol. The number of thiocarbonyl (C=S) groups is 1. The van der Waals surface area contributed by atoms with Crippen molar-refractivity contribution < 1.29 is 17.9 Å². The molecule has 142 valence electrons. The summed E-state index contributed by atoms with van der Waals surface area (Å²) in [5.74, 6) is 1.62. The second-order valence-corrected chi connectivity index (χ2v) is 9.15. The van der Waals surface area contributed by atoms with E-state index in [0.717, 1.165) is 17.1 Å². The molecule has 6 nitrogen and oxygen atoms in total. The van der Waals surface area contributed by atoms with Gasteiger partial charge in [0.15, 0.2) is 14.9 Å². The quantitative estimate of drug-likeness (QED) is 0.726. The summed E-state index contributed by atoms with van der Waals surface area (Å²) in [5, 5.41) is 0.596. The van der Waals surface area contributed by atoms with E-state index in [2.05, 4.69) is 0 Å². The molecule has 0 aliphatic carbocycles. The first-order valence-electron chi connectivity index (χ1n) is 8.54. The monoisotopic (exact) mass is 404 g/mol. The van der Waals surface area contributed by atoms with E-state index in [-0.39, 0.29) is 23.6 Å². The molecule has 2 aliphatic rings. The Morgan fingerprint density at radius 1 is 0.889 bits per heavy atom. The zero-order valence-corrected chi connectivity index (χ0v) is 16.7. The maximum atomic E-state index is 12.4. The van der Waals surface area contributed by atoms with E-state index in [1.165, 1.54) is 0 Å². The van der Waals surface area contributed by atoms with E-state index in [1.807, 2.05) is 58.3 Å². The molecule has 8 heteroatoms. The van der Waals surface area contributed by atoms with Crippen molar-refractivity contribution in [3.8, 4) is 11.5 Å². The molecule has 0 radical (unpaired) electrons. The van der Waals surface area contributed by atoms with Crippen molar-refractivity contribution in [1.29, 1.82) is 0 Å². The highest BCUT2D eigenvalue weighted by atomic mass is 32.2. The van der Waals surface area contributed by atoms with Gasteiger partial charge >= 0.3 is 0 Å². The molecule has 0 spiro atoms. The van der Waals surface area contributed by atoms with Crippen molar-refractivity contribution >= 4 is 38.5 Å². The topological polar surface area (TPSA) is 59.1 Å². The number of rotatable bonds is 4. The normalized spacial score (nSPS) is 23.4. The van der Waals surface area contributed by atoms with E-state index in [1.54, 1.807) is 14.2 Å². The van der Waals surface area contributed by atoms with Gasteiger partial charge in [-0.1, -0.05) is 6.07 Å². The van der Waals surface area contributed by atoms with Gasteiger partial charge < -0.3 is 19.3 Å². The molecule has 0 unspecified atom stereocenters. The van der Waals surface area contributed by atoms with E-state index in [0.29, 0.717) is 10.9 Å². The van der Waals surface area contributed by atoms with Crippen LogP contribution in [0.3, 0.4) is 0 Å². The van der Waals surface area contributed by atoms with Crippen LogP contribution >= 0.6 is 12.2 Å². The van der Waals surface area contributed by atoms with E-state index >= 15 is 0 Å². The maximum absolute atomic E-state index is 12.4. The highest BCUT2D eigenvalue weighted by Gasteiger charge is 2.52. The molecule has 2 aromatic carbocycles. The van der Waals surface area contributed by atoms with E-state index < -0.39 is 9.84 Å². The van der Waals surface area contributed by atoms with Gasteiger partial charge in [0.05, 0.1) is 37.8 Å². The molecule has 2 fully saturated rings. The number of sulfone groups is 1. The maximum Gasteiger partial charge on any atom is 0.181 e. The first kappa shape index (κ1) is 18.1. The molecule has 2 aromatic rings. The first-order valence-corrected chi connectivity index (χ1v) is 10.8. The fraction of sp³-hybridized carbons (Fsp3) is 0.316. The van der Waals surface area contributed by atoms with Crippen LogP contribution in [0.1, 0.15) is 0 Å². The SMILES string of the molecule is COc1ccc(N2C(=S)N(c3cccc(OC)c3)[C@@H]3CS(=O)(=O)C[C@H]32)cc1. The second-order valence-electron chi connectivity index (χ2n) is 6.63. The number of ether oxygens (including phenoxy) is 2. The molecular weight excluding hydrogens is 384 g/mol. The molecule has 2 aliphatic heterocycles. The third kappa shape index (κ3) is 3.12. The van der Waals surface area contributed by atoms with Crippen LogP contribution in [0.2, 0.25) is 0 Å². The Kier molecular flexibility index (Phi) is 4.47. The minimum absolute atomic E-state index is 0.0850. The molecular formula is C19H20N2O4S2. The Balaban J connectivity index is 1.77. The lowest BCUT2D eigenvalue weighted by molar-refractivity contribution is 0.414. The number of hydrogen-bond donors (Lipinski definition) is 0. The van der Waals surface area contributed by atoms with Crippen molar-refractivity contribution in [2.24, 2.45) is 0 Å². The predicted molar refractivity (Wildman–Crippen MR) is 110 cm³/mol. The highest BCUT2D eigenvalue weighted by Crippen LogP contribution is 2.39. The standard InChI is InChI=1S/C19H20N2O4S2/c1-24-15-8-6-13(7-9-15)20-17-11-27(22,23)12-18(17)21(19(20)26)14-4-3-5-16(10-14)25-2/h3-10,17-18H,11-12H2,1-2H3/t17-,18-/m1/s1. The van der Waals surface area contributed by atoms with Gasteiger partial charge in [0.1, 0.15) is 11.5 Å². The van der Waals surface area contributed by atoms with Gasteiger partial charge in [0.2, 0.25) is 0 Å². The summed E-state index contributed by atoms with van der Waals surface area (Å²) in [6.07, 6.45) is 0. The van der Waals surface area contributed by atoms with Crippen molar-refractivity contribution in [2.75, 3.05) is 35.5 Å². The summed E-state index contributed by atoms with van der Waals surface area (Å²) in [4.78, 5) is 3.89. The zero-order chi connectivity index (χ0) is 19.2. The van der Waals surface area contributed by atoms with Crippen molar-refractivity contribution in [1.82, 2.24) is 0 Å². The molecule has 2 atom stereocenters. The van der Waals surface area contributed by atoms with Gasteiger partial charge in [-0.2, -0.15) is 0 Å². The minimum atomic E-state index is -3.14. The molecule has 0 aromatic heterocycles. The van der Waals surface area contributed by atoms with E-state index in [4.69, 9.17) is 21.7 Å². The molecule has 0 N–H and O–H groups in total. The first-order chi connectivity index (χ1) is 12.9. The molecule has 27 heavy (non-hydrogen) atoms. The third-order valence-electron chi connectivity index (χ3n) is 5.05. The lowest BCUT2D eigenvalue weighted by Gasteiger charge is -2.26. The minimum Gasteiger partial charge on any atom is -0.497 e. The Morgan fingerprint density at radius 3 is 2.07 bits per heavy atom. The van der Waals surface area contributed by atoms with Gasteiger partial charge in [-0.15, -0.1) is 0 Å². The Hall–Kier alpha value is -2.32. The van der Waals surface area contributed by atoms with Gasteiger partial charge in [0, 0.05) is 17.4 Å². The van der Waals surface area contributed by atoms with Crippen molar-refractivity contribution in [2.45, 2.75) is 12.1 Å². The van der Waals surface area contributed by atoms with Crippen LogP contribution in [0.4, 0.5) is 11.4 Å². The summed E-state index contributed by atoms with van der Waals surface area (Å²) < 4.78 is 35.3. The summed E-state index contributed by atoms with van der Waals surface area (Å²) in [6.45, 7) is 0. The van der Waals surface area contributed by atoms with Crippen LogP contribution in [0.5, 0.6) is 11.5 Å². The van der Waals surface area contributed by atoms with Crippen LogP contribution in [0.15, 0.2) is 48.5 Å². The Bertz CT molecular complexity index is 975. The van der Waals surface area contributed by atoms with Crippen molar-refractivity contribution in [3.05, 3.63) is 48.5 Å². The predicted octanol–water partition coefficient (Wildman–Crippen LogP) is 2.48. The summed E-state index contributed by atoms with van der Waals surface area (Å²) in [6, 6.07) is 14.6. The van der Waals surface area contributed by atoms with E-state index in [9.17, 15) is 8.42 Å². The van der Waals surface area contributed by atoms with Gasteiger partial charge in [0.25, 0.3) is 0 Å². The molecule has 0 bridgehead atoms. The molecule has 0 saturated carbocycles. The molecule has 2 heterocycles. The largest absolute Gasteiger partial charge is 0.497 e. The van der Waals surface area contributed by atoms with Gasteiger partial charge in [-0.25, -0.2) is 8.42 Å². The Morgan fingerprint density at radius 2 is 1.48 bits per heavy atom. The number of anilines is 2. The highest BCUT2D eigenvalue weighted by molar-refractivity contribution is 7.91. The number of fused-ring (bicyclic) bond motifs is 1. The molecule has 2 saturated heterocycles. The second kappa shape index (κ2) is 6.69.